The molecule has 0 amide bonds. The smallest absolute Gasteiger partial charge is 0.243 e. The molecule has 0 atom stereocenters. The Bertz CT molecular complexity index is 992. The zero-order chi connectivity index (χ0) is 22.1. The van der Waals surface area contributed by atoms with E-state index in [1.54, 1.807) is 28.6 Å². The lowest BCUT2D eigenvalue weighted by Crippen LogP contribution is -2.61. The van der Waals surface area contributed by atoms with Crippen LogP contribution in [0.25, 0.3) is 0 Å². The molecule has 0 bridgehead atoms. The topological polar surface area (TPSA) is 49.9 Å². The molecular formula is C24H31ClN2O3S. The molecule has 168 valence electrons. The fraction of sp³-hybridized carbons (Fsp3) is 0.500. The maximum Gasteiger partial charge on any atom is 0.243 e. The maximum atomic E-state index is 12.9. The van der Waals surface area contributed by atoms with Gasteiger partial charge >= 0.3 is 0 Å². The molecule has 0 N–H and O–H groups in total. The van der Waals surface area contributed by atoms with Crippen molar-refractivity contribution in [2.45, 2.75) is 38.1 Å². The van der Waals surface area contributed by atoms with E-state index in [1.165, 1.54) is 5.56 Å². The van der Waals surface area contributed by atoms with E-state index in [-0.39, 0.29) is 5.41 Å². The molecule has 2 aromatic carbocycles. The number of halogens is 1. The summed E-state index contributed by atoms with van der Waals surface area (Å²) in [5.41, 5.74) is 1.34. The second-order valence-electron chi connectivity index (χ2n) is 9.32. The van der Waals surface area contributed by atoms with E-state index >= 15 is 0 Å². The molecule has 4 rings (SSSR count). The Hall–Kier alpha value is -1.60. The van der Waals surface area contributed by atoms with E-state index in [2.05, 4.69) is 36.9 Å². The van der Waals surface area contributed by atoms with Crippen LogP contribution in [-0.4, -0.2) is 50.4 Å². The van der Waals surface area contributed by atoms with Gasteiger partial charge in [-0.1, -0.05) is 43.6 Å². The summed E-state index contributed by atoms with van der Waals surface area (Å²) >= 11 is 5.90. The number of rotatable bonds is 7. The van der Waals surface area contributed by atoms with Crippen molar-refractivity contribution in [3.8, 4) is 5.75 Å². The summed E-state index contributed by atoms with van der Waals surface area (Å²) in [5.74, 6) is 1.47. The molecule has 1 spiro atoms. The number of sulfonamides is 1. The summed E-state index contributed by atoms with van der Waals surface area (Å²) in [6.45, 7) is 9.08. The summed E-state index contributed by atoms with van der Waals surface area (Å²) in [7, 11) is -3.43. The van der Waals surface area contributed by atoms with Gasteiger partial charge in [-0.15, -0.1) is 0 Å². The molecule has 0 aliphatic carbocycles. The van der Waals surface area contributed by atoms with Gasteiger partial charge in [0.1, 0.15) is 5.75 Å². The molecule has 0 aromatic heterocycles. The molecule has 2 heterocycles. The first-order valence-corrected chi connectivity index (χ1v) is 12.8. The van der Waals surface area contributed by atoms with Gasteiger partial charge in [0, 0.05) is 35.6 Å². The molecule has 2 aliphatic rings. The SMILES string of the molecule is CC(C)COc1ccccc1CN1CCC2(CC1)CN(S(=O)(=O)c1ccc(Cl)cc1)C2. The Kier molecular flexibility index (Phi) is 6.63. The molecule has 2 fully saturated rings. The third kappa shape index (κ3) is 5.08. The Balaban J connectivity index is 1.32. The van der Waals surface area contributed by atoms with Crippen molar-refractivity contribution in [2.24, 2.45) is 11.3 Å². The van der Waals surface area contributed by atoms with Gasteiger partial charge in [0.25, 0.3) is 0 Å². The maximum absolute atomic E-state index is 12.9. The lowest BCUT2D eigenvalue weighted by Gasteiger charge is -2.53. The molecule has 2 saturated heterocycles. The number of likely N-dealkylation sites (tertiary alicyclic amines) is 1. The highest BCUT2D eigenvalue weighted by Crippen LogP contribution is 2.43. The third-order valence-corrected chi connectivity index (χ3v) is 8.39. The van der Waals surface area contributed by atoms with Crippen LogP contribution in [0.15, 0.2) is 53.4 Å². The zero-order valence-corrected chi connectivity index (χ0v) is 19.8. The predicted molar refractivity (Wildman–Crippen MR) is 124 cm³/mol. The minimum absolute atomic E-state index is 0.115. The average Bonchev–Trinajstić information content (AvgIpc) is 2.72. The van der Waals surface area contributed by atoms with Gasteiger partial charge in [-0.2, -0.15) is 4.31 Å². The number of ether oxygens (including phenoxy) is 1. The van der Waals surface area contributed by atoms with Gasteiger partial charge in [-0.25, -0.2) is 8.42 Å². The summed E-state index contributed by atoms with van der Waals surface area (Å²) in [6.07, 6.45) is 2.04. The van der Waals surface area contributed by atoms with Crippen LogP contribution in [0.4, 0.5) is 0 Å². The molecular weight excluding hydrogens is 432 g/mol. The number of hydrogen-bond donors (Lipinski definition) is 0. The van der Waals surface area contributed by atoms with Crippen molar-refractivity contribution in [1.29, 1.82) is 0 Å². The lowest BCUT2D eigenvalue weighted by atomic mass is 9.73. The Morgan fingerprint density at radius 2 is 1.68 bits per heavy atom. The van der Waals surface area contributed by atoms with E-state index in [4.69, 9.17) is 16.3 Å². The normalized spacial score (nSPS) is 19.5. The highest BCUT2D eigenvalue weighted by molar-refractivity contribution is 7.89. The van der Waals surface area contributed by atoms with E-state index in [0.29, 0.717) is 28.9 Å². The van der Waals surface area contributed by atoms with E-state index in [0.717, 1.165) is 44.8 Å². The molecule has 0 saturated carbocycles. The van der Waals surface area contributed by atoms with Crippen molar-refractivity contribution in [3.05, 3.63) is 59.1 Å². The minimum atomic E-state index is -3.43. The highest BCUT2D eigenvalue weighted by Gasteiger charge is 2.49. The number of piperidine rings is 1. The molecule has 5 nitrogen and oxygen atoms in total. The van der Waals surface area contributed by atoms with Crippen LogP contribution in [-0.2, 0) is 16.6 Å². The largest absolute Gasteiger partial charge is 0.493 e. The summed E-state index contributed by atoms with van der Waals surface area (Å²) in [6, 6.07) is 14.7. The van der Waals surface area contributed by atoms with Crippen LogP contribution in [0.5, 0.6) is 5.75 Å². The standard InChI is InChI=1S/C24H31ClN2O3S/c1-19(2)16-30-23-6-4-3-5-20(23)15-26-13-11-24(12-14-26)17-27(18-24)31(28,29)22-9-7-21(25)8-10-22/h3-10,19H,11-18H2,1-2H3. The van der Waals surface area contributed by atoms with E-state index in [1.807, 2.05) is 6.07 Å². The fourth-order valence-corrected chi connectivity index (χ4v) is 6.19. The number of hydrogen-bond acceptors (Lipinski definition) is 4. The Morgan fingerprint density at radius 3 is 2.32 bits per heavy atom. The van der Waals surface area contributed by atoms with Crippen LogP contribution in [0.3, 0.4) is 0 Å². The Morgan fingerprint density at radius 1 is 1.03 bits per heavy atom. The second-order valence-corrected chi connectivity index (χ2v) is 11.7. The predicted octanol–water partition coefficient (Wildman–Crippen LogP) is 4.66. The van der Waals surface area contributed by atoms with Gasteiger partial charge in [-0.3, -0.25) is 4.90 Å². The van der Waals surface area contributed by atoms with Gasteiger partial charge in [0.05, 0.1) is 11.5 Å². The molecule has 31 heavy (non-hydrogen) atoms. The van der Waals surface area contributed by atoms with Gasteiger partial charge < -0.3 is 4.74 Å². The van der Waals surface area contributed by atoms with Gasteiger partial charge in [-0.05, 0) is 62.2 Å². The van der Waals surface area contributed by atoms with Crippen molar-refractivity contribution in [3.63, 3.8) is 0 Å². The van der Waals surface area contributed by atoms with Crippen LogP contribution in [0.1, 0.15) is 32.3 Å². The van der Waals surface area contributed by atoms with Crippen molar-refractivity contribution >= 4 is 21.6 Å². The lowest BCUT2D eigenvalue weighted by molar-refractivity contribution is -0.00159. The summed E-state index contributed by atoms with van der Waals surface area (Å²) in [5, 5.41) is 0.544. The van der Waals surface area contributed by atoms with Crippen LogP contribution < -0.4 is 4.74 Å². The van der Waals surface area contributed by atoms with Crippen molar-refractivity contribution < 1.29 is 13.2 Å². The van der Waals surface area contributed by atoms with Crippen LogP contribution >= 0.6 is 11.6 Å². The van der Waals surface area contributed by atoms with Crippen molar-refractivity contribution in [2.75, 3.05) is 32.8 Å². The first-order valence-electron chi connectivity index (χ1n) is 11.0. The molecule has 2 aromatic rings. The number of para-hydroxylation sites is 1. The number of benzene rings is 2. The molecule has 2 aliphatic heterocycles. The quantitative estimate of drug-likeness (QED) is 0.600. The summed E-state index contributed by atoms with van der Waals surface area (Å²) in [4.78, 5) is 2.78. The fourth-order valence-electron chi connectivity index (χ4n) is 4.40. The van der Waals surface area contributed by atoms with E-state index in [9.17, 15) is 8.42 Å². The number of nitrogens with zero attached hydrogens (tertiary/aromatic N) is 2. The Labute approximate surface area is 191 Å². The molecule has 0 unspecified atom stereocenters. The van der Waals surface area contributed by atoms with Gasteiger partial charge in [0.15, 0.2) is 0 Å². The zero-order valence-electron chi connectivity index (χ0n) is 18.3. The summed E-state index contributed by atoms with van der Waals surface area (Å²) < 4.78 is 33.3. The van der Waals surface area contributed by atoms with Crippen molar-refractivity contribution in [1.82, 2.24) is 9.21 Å². The first-order chi connectivity index (χ1) is 14.8. The third-order valence-electron chi connectivity index (χ3n) is 6.33. The highest BCUT2D eigenvalue weighted by atomic mass is 35.5. The minimum Gasteiger partial charge on any atom is -0.493 e. The van der Waals surface area contributed by atoms with E-state index < -0.39 is 10.0 Å². The van der Waals surface area contributed by atoms with Gasteiger partial charge in [0.2, 0.25) is 10.0 Å². The monoisotopic (exact) mass is 462 g/mol. The van der Waals surface area contributed by atoms with Crippen LogP contribution in [0.2, 0.25) is 5.02 Å². The van der Waals surface area contributed by atoms with Crippen LogP contribution in [0, 0.1) is 11.3 Å². The molecule has 7 heteroatoms. The second kappa shape index (κ2) is 9.10. The molecule has 0 radical (unpaired) electrons. The first kappa shape index (κ1) is 22.6. The average molecular weight is 463 g/mol.